The van der Waals surface area contributed by atoms with Crippen LogP contribution >= 0.6 is 0 Å². The van der Waals surface area contributed by atoms with E-state index in [0.717, 1.165) is 0 Å². The van der Waals surface area contributed by atoms with Gasteiger partial charge in [0.25, 0.3) is 0 Å². The molecule has 3 N–H and O–H groups in total. The van der Waals surface area contributed by atoms with E-state index in [4.69, 9.17) is 4.84 Å². The van der Waals surface area contributed by atoms with E-state index in [1.807, 2.05) is 0 Å². The molecule has 1 unspecified atom stereocenters. The van der Waals surface area contributed by atoms with Gasteiger partial charge in [-0.05, 0) is 20.8 Å². The summed E-state index contributed by atoms with van der Waals surface area (Å²) in [4.78, 5) is 27.0. The summed E-state index contributed by atoms with van der Waals surface area (Å²) >= 11 is 0. The largest absolute Gasteiger partial charge is 0.338 e. The van der Waals surface area contributed by atoms with Gasteiger partial charge in [-0.25, -0.2) is 4.79 Å². The van der Waals surface area contributed by atoms with Gasteiger partial charge in [0.1, 0.15) is 6.04 Å². The summed E-state index contributed by atoms with van der Waals surface area (Å²) in [6.07, 6.45) is 0. The van der Waals surface area contributed by atoms with Crippen molar-refractivity contribution < 1.29 is 14.4 Å². The lowest BCUT2D eigenvalue weighted by molar-refractivity contribution is -0.125. The molecule has 0 spiro atoms. The Morgan fingerprint density at radius 1 is 1.36 bits per heavy atom. The van der Waals surface area contributed by atoms with Gasteiger partial charge in [-0.3, -0.25) is 10.1 Å². The van der Waals surface area contributed by atoms with E-state index >= 15 is 0 Å². The molecule has 0 saturated heterocycles. The van der Waals surface area contributed by atoms with Crippen molar-refractivity contribution in [2.45, 2.75) is 26.8 Å². The van der Waals surface area contributed by atoms with Gasteiger partial charge in [-0.15, -0.1) is 0 Å². The predicted molar refractivity (Wildman–Crippen MR) is 51.4 cm³/mol. The number of carbonyl (C=O) groups excluding carboxylic acids is 2. The maximum atomic E-state index is 11.2. The van der Waals surface area contributed by atoms with Crippen LogP contribution in [0.15, 0.2) is 0 Å². The van der Waals surface area contributed by atoms with E-state index in [1.165, 1.54) is 0 Å². The summed E-state index contributed by atoms with van der Waals surface area (Å²) < 4.78 is 0. The molecule has 0 fully saturated rings. The van der Waals surface area contributed by atoms with Gasteiger partial charge in [-0.2, -0.15) is 5.48 Å². The van der Waals surface area contributed by atoms with Crippen LogP contribution in [0.3, 0.4) is 0 Å². The zero-order chi connectivity index (χ0) is 11.0. The van der Waals surface area contributed by atoms with Crippen molar-refractivity contribution in [3.05, 3.63) is 0 Å². The Bertz CT molecular complexity index is 196. The molecule has 0 heterocycles. The quantitative estimate of drug-likeness (QED) is 0.539. The van der Waals surface area contributed by atoms with Gasteiger partial charge in [0, 0.05) is 6.54 Å². The zero-order valence-electron chi connectivity index (χ0n) is 8.72. The third-order valence-corrected chi connectivity index (χ3v) is 1.37. The second-order valence-corrected chi connectivity index (χ2v) is 2.62. The van der Waals surface area contributed by atoms with Crippen molar-refractivity contribution in [1.29, 1.82) is 0 Å². The third-order valence-electron chi connectivity index (χ3n) is 1.37. The second-order valence-electron chi connectivity index (χ2n) is 2.62. The smallest absolute Gasteiger partial charge is 0.321 e. The summed E-state index contributed by atoms with van der Waals surface area (Å²) in [7, 11) is 0. The van der Waals surface area contributed by atoms with Crippen molar-refractivity contribution >= 4 is 11.9 Å². The van der Waals surface area contributed by atoms with Gasteiger partial charge in [0.05, 0.1) is 6.61 Å². The van der Waals surface area contributed by atoms with Crippen LogP contribution in [0.25, 0.3) is 0 Å². The molecule has 82 valence electrons. The van der Waals surface area contributed by atoms with E-state index in [-0.39, 0.29) is 0 Å². The van der Waals surface area contributed by atoms with Crippen LogP contribution in [0.4, 0.5) is 4.79 Å². The fourth-order valence-electron chi connectivity index (χ4n) is 0.687. The van der Waals surface area contributed by atoms with Crippen LogP contribution in [0.2, 0.25) is 0 Å². The molecule has 3 amide bonds. The summed E-state index contributed by atoms with van der Waals surface area (Å²) in [6, 6.07) is -1.06. The first-order valence-corrected chi connectivity index (χ1v) is 4.57. The van der Waals surface area contributed by atoms with Crippen molar-refractivity contribution in [3.8, 4) is 0 Å². The van der Waals surface area contributed by atoms with Crippen LogP contribution in [-0.2, 0) is 9.63 Å². The predicted octanol–water partition coefficient (Wildman–Crippen LogP) is -0.238. The highest BCUT2D eigenvalue weighted by Gasteiger charge is 2.14. The molecule has 0 aromatic heterocycles. The van der Waals surface area contributed by atoms with Crippen LogP contribution in [0.5, 0.6) is 0 Å². The second kappa shape index (κ2) is 7.28. The van der Waals surface area contributed by atoms with Crippen LogP contribution < -0.4 is 16.1 Å². The number of carbonyl (C=O) groups is 2. The fourth-order valence-corrected chi connectivity index (χ4v) is 0.687. The lowest BCUT2D eigenvalue weighted by atomic mass is 10.3. The maximum Gasteiger partial charge on any atom is 0.321 e. The number of amides is 3. The van der Waals surface area contributed by atoms with Crippen molar-refractivity contribution in [1.82, 2.24) is 16.1 Å². The molecular weight excluding hydrogens is 186 g/mol. The lowest BCUT2D eigenvalue weighted by Gasteiger charge is -2.12. The van der Waals surface area contributed by atoms with Gasteiger partial charge in [-0.1, -0.05) is 0 Å². The summed E-state index contributed by atoms with van der Waals surface area (Å²) in [5.74, 6) is -0.426. The van der Waals surface area contributed by atoms with Crippen molar-refractivity contribution in [3.63, 3.8) is 0 Å². The fraction of sp³-hybridized carbons (Fsp3) is 0.750. The summed E-state index contributed by atoms with van der Waals surface area (Å²) in [6.45, 7) is 6.10. The summed E-state index contributed by atoms with van der Waals surface area (Å²) in [5.41, 5.74) is 2.49. The van der Waals surface area contributed by atoms with E-state index < -0.39 is 18.0 Å². The van der Waals surface area contributed by atoms with Crippen LogP contribution in [-0.4, -0.2) is 31.1 Å². The number of urea groups is 1. The minimum Gasteiger partial charge on any atom is -0.338 e. The monoisotopic (exact) mass is 203 g/mol. The van der Waals surface area contributed by atoms with Gasteiger partial charge in [0.15, 0.2) is 0 Å². The maximum absolute atomic E-state index is 11.2. The van der Waals surface area contributed by atoms with Crippen molar-refractivity contribution in [2.24, 2.45) is 0 Å². The van der Waals surface area contributed by atoms with Gasteiger partial charge < -0.3 is 10.2 Å². The highest BCUT2D eigenvalue weighted by Crippen LogP contribution is 1.82. The Morgan fingerprint density at radius 2 is 2.00 bits per heavy atom. The number of hydrogen-bond acceptors (Lipinski definition) is 4. The molecule has 0 aliphatic carbocycles. The number of hydrogen-bond donors (Lipinski definition) is 3. The molecule has 0 radical (unpaired) electrons. The average molecular weight is 203 g/mol. The Kier molecular flexibility index (Phi) is 6.69. The topological polar surface area (TPSA) is 79.5 Å². The minimum absolute atomic E-state index is 0.426. The molecule has 1 atom stereocenters. The normalized spacial score (nSPS) is 11.9. The van der Waals surface area contributed by atoms with Crippen LogP contribution in [0, 0.1) is 0 Å². The van der Waals surface area contributed by atoms with E-state index in [9.17, 15) is 9.59 Å². The standard InChI is InChI=1S/C8H17N3O3/c1-4-9-8(13)10-7(12)6(3)11-14-5-2/h6,11H,4-5H2,1-3H3,(H2,9,10,12,13). The highest BCUT2D eigenvalue weighted by atomic mass is 16.6. The molecule has 0 aliphatic heterocycles. The molecule has 14 heavy (non-hydrogen) atoms. The van der Waals surface area contributed by atoms with E-state index in [0.29, 0.717) is 13.2 Å². The molecule has 0 rings (SSSR count). The minimum atomic E-state index is -0.558. The number of rotatable bonds is 5. The highest BCUT2D eigenvalue weighted by molar-refractivity contribution is 5.96. The first kappa shape index (κ1) is 12.9. The molecule has 0 aromatic carbocycles. The zero-order valence-corrected chi connectivity index (χ0v) is 8.72. The number of imide groups is 1. The van der Waals surface area contributed by atoms with E-state index in [1.54, 1.807) is 20.8 Å². The van der Waals surface area contributed by atoms with Crippen LogP contribution in [0.1, 0.15) is 20.8 Å². The molecule has 6 nitrogen and oxygen atoms in total. The van der Waals surface area contributed by atoms with Gasteiger partial charge in [0.2, 0.25) is 5.91 Å². The Labute approximate surface area is 83.3 Å². The molecule has 0 aliphatic rings. The Hall–Kier alpha value is -1.14. The molecule has 0 bridgehead atoms. The lowest BCUT2D eigenvalue weighted by Crippen LogP contribution is -2.47. The SMILES string of the molecule is CCNC(=O)NC(=O)C(C)NOCC. The number of hydroxylamine groups is 1. The molecule has 0 saturated carbocycles. The molecule has 0 aromatic rings. The molecule has 6 heteroatoms. The number of nitrogens with one attached hydrogen (secondary N) is 3. The Morgan fingerprint density at radius 3 is 2.50 bits per heavy atom. The first-order valence-electron chi connectivity index (χ1n) is 4.57. The van der Waals surface area contributed by atoms with E-state index in [2.05, 4.69) is 16.1 Å². The van der Waals surface area contributed by atoms with Crippen molar-refractivity contribution in [2.75, 3.05) is 13.2 Å². The Balaban J connectivity index is 3.76. The first-order chi connectivity index (χ1) is 6.61. The average Bonchev–Trinajstić information content (AvgIpc) is 2.14. The van der Waals surface area contributed by atoms with Gasteiger partial charge >= 0.3 is 6.03 Å². The third kappa shape index (κ3) is 5.50. The molecular formula is C8H17N3O3. The summed E-state index contributed by atoms with van der Waals surface area (Å²) in [5, 5.41) is 4.61.